The quantitative estimate of drug-likeness (QED) is 0.506. The lowest BCUT2D eigenvalue weighted by Gasteiger charge is -2.01. The molecule has 0 unspecified atom stereocenters. The minimum atomic E-state index is 0.872. The third kappa shape index (κ3) is 24.9. The fourth-order valence-electron chi connectivity index (χ4n) is 1.99. The molecule has 2 heteroatoms. The average Bonchev–Trinajstić information content (AvgIpc) is 2.37. The zero-order chi connectivity index (χ0) is 13.9. The van der Waals surface area contributed by atoms with Crippen LogP contribution in [0.3, 0.4) is 0 Å². The fourth-order valence-corrected chi connectivity index (χ4v) is 1.99. The molecule has 0 saturated heterocycles. The van der Waals surface area contributed by atoms with Crippen molar-refractivity contribution in [1.29, 1.82) is 0 Å². The van der Waals surface area contributed by atoms with E-state index in [4.69, 9.17) is 5.73 Å². The van der Waals surface area contributed by atoms with E-state index in [2.05, 4.69) is 12.2 Å². The molecule has 18 heavy (non-hydrogen) atoms. The minimum Gasteiger partial charge on any atom is -0.330 e. The van der Waals surface area contributed by atoms with Gasteiger partial charge in [0.25, 0.3) is 0 Å². The molecule has 0 aliphatic carbocycles. The summed E-state index contributed by atoms with van der Waals surface area (Å²) in [5.41, 5.74) is 5.45. The SMILES string of the molecule is CCCCCCCCCCCCCCN.CNC. The van der Waals surface area contributed by atoms with Crippen LogP contribution in [0, 0.1) is 0 Å². The first-order valence-corrected chi connectivity index (χ1v) is 8.12. The summed E-state index contributed by atoms with van der Waals surface area (Å²) in [6, 6.07) is 0. The minimum absolute atomic E-state index is 0.872. The lowest BCUT2D eigenvalue weighted by molar-refractivity contribution is 0.545. The van der Waals surface area contributed by atoms with E-state index in [1.165, 1.54) is 77.0 Å². The zero-order valence-electron chi connectivity index (χ0n) is 13.3. The van der Waals surface area contributed by atoms with Crippen LogP contribution in [0.1, 0.15) is 84.0 Å². The molecule has 2 nitrogen and oxygen atoms in total. The topological polar surface area (TPSA) is 38.0 Å². The zero-order valence-corrected chi connectivity index (χ0v) is 13.3. The maximum atomic E-state index is 5.45. The van der Waals surface area contributed by atoms with E-state index >= 15 is 0 Å². The summed E-state index contributed by atoms with van der Waals surface area (Å²) < 4.78 is 0. The Hall–Kier alpha value is -0.0800. The molecule has 0 bridgehead atoms. The van der Waals surface area contributed by atoms with Crippen molar-refractivity contribution >= 4 is 0 Å². The van der Waals surface area contributed by atoms with Gasteiger partial charge >= 0.3 is 0 Å². The van der Waals surface area contributed by atoms with E-state index in [1.54, 1.807) is 0 Å². The first-order chi connectivity index (χ1) is 8.83. The van der Waals surface area contributed by atoms with Gasteiger partial charge in [0.05, 0.1) is 0 Å². The molecule has 0 aliphatic rings. The highest BCUT2D eigenvalue weighted by atomic mass is 14.7. The van der Waals surface area contributed by atoms with Crippen molar-refractivity contribution in [3.63, 3.8) is 0 Å². The first kappa shape index (κ1) is 20.2. The molecule has 0 spiro atoms. The second-order valence-electron chi connectivity index (χ2n) is 5.18. The number of nitrogens with two attached hydrogens (primary N) is 1. The number of hydrogen-bond acceptors (Lipinski definition) is 2. The van der Waals surface area contributed by atoms with Gasteiger partial charge in [-0.15, -0.1) is 0 Å². The Morgan fingerprint density at radius 1 is 0.611 bits per heavy atom. The van der Waals surface area contributed by atoms with Crippen LogP contribution in [0.5, 0.6) is 0 Å². The Bertz CT molecular complexity index is 104. The summed E-state index contributed by atoms with van der Waals surface area (Å²) >= 11 is 0. The molecule has 0 atom stereocenters. The number of nitrogens with one attached hydrogen (secondary N) is 1. The normalized spacial score (nSPS) is 10.0. The van der Waals surface area contributed by atoms with Gasteiger partial charge in [-0.05, 0) is 27.1 Å². The Morgan fingerprint density at radius 3 is 1.17 bits per heavy atom. The third-order valence-corrected chi connectivity index (χ3v) is 3.06. The summed E-state index contributed by atoms with van der Waals surface area (Å²) in [6.07, 6.45) is 16.9. The fraction of sp³-hybridized carbons (Fsp3) is 1.00. The van der Waals surface area contributed by atoms with Crippen LogP contribution in [-0.2, 0) is 0 Å². The standard InChI is InChI=1S/C14H31N.C2H7N/c1-2-3-4-5-6-7-8-9-10-11-12-13-14-15;1-3-2/h2-15H2,1H3;3H,1-2H3. The average molecular weight is 258 g/mol. The van der Waals surface area contributed by atoms with Gasteiger partial charge in [0.1, 0.15) is 0 Å². The van der Waals surface area contributed by atoms with Gasteiger partial charge < -0.3 is 11.1 Å². The lowest BCUT2D eigenvalue weighted by atomic mass is 10.1. The molecule has 0 aromatic rings. The highest BCUT2D eigenvalue weighted by Gasteiger charge is 1.92. The summed E-state index contributed by atoms with van der Waals surface area (Å²) in [7, 11) is 3.75. The van der Waals surface area contributed by atoms with Gasteiger partial charge in [-0.1, -0.05) is 77.6 Å². The molecule has 0 heterocycles. The van der Waals surface area contributed by atoms with Crippen molar-refractivity contribution in [3.05, 3.63) is 0 Å². The smallest absolute Gasteiger partial charge is 0.00773 e. The predicted octanol–water partition coefficient (Wildman–Crippen LogP) is 4.48. The van der Waals surface area contributed by atoms with Crippen LogP contribution in [-0.4, -0.2) is 20.6 Å². The van der Waals surface area contributed by atoms with E-state index in [0.29, 0.717) is 0 Å². The van der Waals surface area contributed by atoms with E-state index in [0.717, 1.165) is 6.54 Å². The summed E-state index contributed by atoms with van der Waals surface area (Å²) in [5.74, 6) is 0. The van der Waals surface area contributed by atoms with Crippen molar-refractivity contribution in [1.82, 2.24) is 5.32 Å². The van der Waals surface area contributed by atoms with E-state index in [9.17, 15) is 0 Å². The summed E-state index contributed by atoms with van der Waals surface area (Å²) in [5, 5.41) is 2.75. The van der Waals surface area contributed by atoms with Crippen molar-refractivity contribution in [3.8, 4) is 0 Å². The summed E-state index contributed by atoms with van der Waals surface area (Å²) in [6.45, 7) is 3.15. The largest absolute Gasteiger partial charge is 0.330 e. The number of unbranched alkanes of at least 4 members (excludes halogenated alkanes) is 11. The van der Waals surface area contributed by atoms with E-state index < -0.39 is 0 Å². The number of rotatable bonds is 12. The molecule has 0 saturated carbocycles. The monoisotopic (exact) mass is 258 g/mol. The Kier molecular flexibility index (Phi) is 24.9. The Balaban J connectivity index is 0. The lowest BCUT2D eigenvalue weighted by Crippen LogP contribution is -1.97. The van der Waals surface area contributed by atoms with Crippen LogP contribution in [0.2, 0.25) is 0 Å². The van der Waals surface area contributed by atoms with Gasteiger partial charge in [0.15, 0.2) is 0 Å². The molecule has 0 amide bonds. The van der Waals surface area contributed by atoms with Crippen LogP contribution in [0.4, 0.5) is 0 Å². The van der Waals surface area contributed by atoms with Gasteiger partial charge in [-0.3, -0.25) is 0 Å². The van der Waals surface area contributed by atoms with Crippen LogP contribution < -0.4 is 11.1 Å². The molecular weight excluding hydrogens is 220 g/mol. The molecule has 112 valence electrons. The van der Waals surface area contributed by atoms with Gasteiger partial charge in [0.2, 0.25) is 0 Å². The molecule has 0 fully saturated rings. The second-order valence-corrected chi connectivity index (χ2v) is 5.18. The Labute approximate surface area is 116 Å². The van der Waals surface area contributed by atoms with Crippen molar-refractivity contribution in [2.24, 2.45) is 5.73 Å². The van der Waals surface area contributed by atoms with Crippen LogP contribution in [0.25, 0.3) is 0 Å². The van der Waals surface area contributed by atoms with Crippen molar-refractivity contribution < 1.29 is 0 Å². The van der Waals surface area contributed by atoms with Gasteiger partial charge in [-0.2, -0.15) is 0 Å². The van der Waals surface area contributed by atoms with Crippen molar-refractivity contribution in [2.45, 2.75) is 84.0 Å². The highest BCUT2D eigenvalue weighted by molar-refractivity contribution is 4.48. The van der Waals surface area contributed by atoms with Crippen LogP contribution >= 0.6 is 0 Å². The predicted molar refractivity (Wildman–Crippen MR) is 85.1 cm³/mol. The van der Waals surface area contributed by atoms with E-state index in [1.807, 2.05) is 14.1 Å². The second kappa shape index (κ2) is 22.1. The summed E-state index contributed by atoms with van der Waals surface area (Å²) in [4.78, 5) is 0. The third-order valence-electron chi connectivity index (χ3n) is 3.06. The molecule has 0 radical (unpaired) electrons. The van der Waals surface area contributed by atoms with Crippen molar-refractivity contribution in [2.75, 3.05) is 20.6 Å². The first-order valence-electron chi connectivity index (χ1n) is 8.12. The van der Waals surface area contributed by atoms with Gasteiger partial charge in [-0.25, -0.2) is 0 Å². The molecular formula is C16H38N2. The van der Waals surface area contributed by atoms with E-state index in [-0.39, 0.29) is 0 Å². The maximum Gasteiger partial charge on any atom is -0.00773 e. The molecule has 0 rings (SSSR count). The number of hydrogen-bond donors (Lipinski definition) is 2. The van der Waals surface area contributed by atoms with Gasteiger partial charge in [0, 0.05) is 0 Å². The maximum absolute atomic E-state index is 5.45. The van der Waals surface area contributed by atoms with Crippen LogP contribution in [0.15, 0.2) is 0 Å². The molecule has 0 aromatic carbocycles. The molecule has 0 aliphatic heterocycles. The Morgan fingerprint density at radius 2 is 0.889 bits per heavy atom. The molecule has 3 N–H and O–H groups in total. The highest BCUT2D eigenvalue weighted by Crippen LogP contribution is 2.11. The molecule has 0 aromatic heterocycles.